The van der Waals surface area contributed by atoms with Gasteiger partial charge in [-0.2, -0.15) is 0 Å². The summed E-state index contributed by atoms with van der Waals surface area (Å²) in [5, 5.41) is 8.76. The van der Waals surface area contributed by atoms with Gasteiger partial charge in [0.1, 0.15) is 5.69 Å². The number of aromatic nitrogens is 2. The van der Waals surface area contributed by atoms with E-state index in [1.165, 1.54) is 29.7 Å². The molecule has 2 aromatic rings. The average Bonchev–Trinajstić information content (AvgIpc) is 2.83. The Kier molecular flexibility index (Phi) is 4.09. The van der Waals surface area contributed by atoms with Gasteiger partial charge < -0.3 is 10.0 Å². The van der Waals surface area contributed by atoms with Crippen LogP contribution in [0.4, 0.5) is 0 Å². The second kappa shape index (κ2) is 5.79. The molecule has 0 aromatic carbocycles. The van der Waals surface area contributed by atoms with Crippen LogP contribution in [-0.2, 0) is 6.54 Å². The van der Waals surface area contributed by atoms with Gasteiger partial charge in [-0.25, -0.2) is 14.8 Å². The zero-order valence-corrected chi connectivity index (χ0v) is 11.8. The number of carbonyl (C=O) groups is 2. The molecule has 0 radical (unpaired) electrons. The molecule has 2 aromatic heterocycles. The first-order chi connectivity index (χ1) is 9.49. The van der Waals surface area contributed by atoms with Crippen molar-refractivity contribution in [3.8, 4) is 0 Å². The van der Waals surface area contributed by atoms with E-state index >= 15 is 0 Å². The number of nitrogens with zero attached hydrogens (tertiary/aromatic N) is 3. The first-order valence-electron chi connectivity index (χ1n) is 5.83. The Morgan fingerprint density at radius 1 is 1.35 bits per heavy atom. The summed E-state index contributed by atoms with van der Waals surface area (Å²) in [7, 11) is 1.69. The van der Waals surface area contributed by atoms with Gasteiger partial charge in [0.25, 0.3) is 5.91 Å². The van der Waals surface area contributed by atoms with Crippen molar-refractivity contribution < 1.29 is 14.7 Å². The molecule has 0 atom stereocenters. The molecule has 0 unspecified atom stereocenters. The fourth-order valence-corrected chi connectivity index (χ4v) is 2.46. The molecule has 0 bridgehead atoms. The highest BCUT2D eigenvalue weighted by Crippen LogP contribution is 2.15. The number of rotatable bonds is 4. The van der Waals surface area contributed by atoms with Crippen molar-refractivity contribution in [3.05, 3.63) is 45.7 Å². The molecule has 2 heterocycles. The Hall–Kier alpha value is -2.28. The summed E-state index contributed by atoms with van der Waals surface area (Å²) in [5.41, 5.74) is 2.93. The lowest BCUT2D eigenvalue weighted by Crippen LogP contribution is -2.26. The van der Waals surface area contributed by atoms with Gasteiger partial charge in [-0.15, -0.1) is 11.3 Å². The normalized spacial score (nSPS) is 10.3. The fraction of sp³-hybridized carbons (Fsp3) is 0.231. The number of thiazole rings is 1. The van der Waals surface area contributed by atoms with Crippen LogP contribution in [0.1, 0.15) is 31.4 Å². The third-order valence-corrected chi connectivity index (χ3v) is 3.72. The van der Waals surface area contributed by atoms with Crippen molar-refractivity contribution in [3.63, 3.8) is 0 Å². The summed E-state index contributed by atoms with van der Waals surface area (Å²) < 4.78 is 0. The Morgan fingerprint density at radius 2 is 2.10 bits per heavy atom. The molecule has 2 rings (SSSR count). The number of hydrogen-bond donors (Lipinski definition) is 1. The van der Waals surface area contributed by atoms with Crippen LogP contribution in [0.2, 0.25) is 0 Å². The molecule has 7 heteroatoms. The Morgan fingerprint density at radius 3 is 2.60 bits per heavy atom. The third-order valence-electron chi connectivity index (χ3n) is 2.80. The maximum Gasteiger partial charge on any atom is 0.354 e. The monoisotopic (exact) mass is 291 g/mol. The minimum Gasteiger partial charge on any atom is -0.477 e. The average molecular weight is 291 g/mol. The van der Waals surface area contributed by atoms with E-state index in [-0.39, 0.29) is 11.6 Å². The van der Waals surface area contributed by atoms with Gasteiger partial charge in [-0.05, 0) is 19.1 Å². The fourth-order valence-electron chi connectivity index (χ4n) is 1.63. The SMILES string of the molecule is Cc1ncsc1CN(C)C(=O)c1ccc(C(=O)O)nc1. The van der Waals surface area contributed by atoms with Gasteiger partial charge in [-0.1, -0.05) is 0 Å². The molecule has 20 heavy (non-hydrogen) atoms. The highest BCUT2D eigenvalue weighted by molar-refractivity contribution is 7.09. The van der Waals surface area contributed by atoms with E-state index in [1.807, 2.05) is 6.92 Å². The summed E-state index contributed by atoms with van der Waals surface area (Å²) in [6, 6.07) is 2.79. The van der Waals surface area contributed by atoms with Crippen molar-refractivity contribution in [1.82, 2.24) is 14.9 Å². The van der Waals surface area contributed by atoms with E-state index in [0.29, 0.717) is 12.1 Å². The second-order valence-corrected chi connectivity index (χ2v) is 5.20. The maximum atomic E-state index is 12.2. The Bertz CT molecular complexity index is 637. The summed E-state index contributed by atoms with van der Waals surface area (Å²) in [6.45, 7) is 2.36. The quantitative estimate of drug-likeness (QED) is 0.929. The molecule has 0 saturated heterocycles. The van der Waals surface area contributed by atoms with Gasteiger partial charge in [0.2, 0.25) is 0 Å². The van der Waals surface area contributed by atoms with Crippen molar-refractivity contribution in [2.24, 2.45) is 0 Å². The maximum absolute atomic E-state index is 12.2. The number of hydrogen-bond acceptors (Lipinski definition) is 5. The molecule has 0 saturated carbocycles. The number of carbonyl (C=O) groups excluding carboxylic acids is 1. The number of pyridine rings is 1. The number of carboxylic acid groups (broad SMARTS) is 1. The van der Waals surface area contributed by atoms with E-state index in [4.69, 9.17) is 5.11 Å². The summed E-state index contributed by atoms with van der Waals surface area (Å²) in [4.78, 5) is 33.3. The van der Waals surface area contributed by atoms with Gasteiger partial charge in [0, 0.05) is 18.1 Å². The topological polar surface area (TPSA) is 83.4 Å². The predicted molar refractivity (Wildman–Crippen MR) is 73.8 cm³/mol. The molecule has 0 aliphatic rings. The molecule has 0 spiro atoms. The van der Waals surface area contributed by atoms with Gasteiger partial charge in [0.15, 0.2) is 0 Å². The van der Waals surface area contributed by atoms with Crippen LogP contribution in [0.5, 0.6) is 0 Å². The zero-order valence-electron chi connectivity index (χ0n) is 11.0. The highest BCUT2D eigenvalue weighted by Gasteiger charge is 2.15. The lowest BCUT2D eigenvalue weighted by Gasteiger charge is -2.16. The smallest absolute Gasteiger partial charge is 0.354 e. The molecular weight excluding hydrogens is 278 g/mol. The second-order valence-electron chi connectivity index (χ2n) is 4.26. The molecule has 0 aliphatic heterocycles. The Labute approximate surface area is 119 Å². The van der Waals surface area contributed by atoms with Crippen LogP contribution < -0.4 is 0 Å². The number of amides is 1. The van der Waals surface area contributed by atoms with Gasteiger partial charge >= 0.3 is 5.97 Å². The van der Waals surface area contributed by atoms with E-state index in [9.17, 15) is 9.59 Å². The molecule has 6 nitrogen and oxygen atoms in total. The zero-order chi connectivity index (χ0) is 14.7. The Balaban J connectivity index is 2.10. The lowest BCUT2D eigenvalue weighted by molar-refractivity contribution is 0.0688. The van der Waals surface area contributed by atoms with Gasteiger partial charge in [-0.3, -0.25) is 4.79 Å². The molecule has 0 aliphatic carbocycles. The van der Waals surface area contributed by atoms with Crippen molar-refractivity contribution in [1.29, 1.82) is 0 Å². The number of carboxylic acids is 1. The highest BCUT2D eigenvalue weighted by atomic mass is 32.1. The third kappa shape index (κ3) is 3.00. The lowest BCUT2D eigenvalue weighted by atomic mass is 10.2. The van der Waals surface area contributed by atoms with E-state index in [2.05, 4.69) is 9.97 Å². The van der Waals surface area contributed by atoms with Crippen molar-refractivity contribution in [2.75, 3.05) is 7.05 Å². The molecule has 1 amide bonds. The van der Waals surface area contributed by atoms with E-state index < -0.39 is 5.97 Å². The summed E-state index contributed by atoms with van der Waals surface area (Å²) in [5.74, 6) is -1.32. The van der Waals surface area contributed by atoms with Crippen LogP contribution in [0, 0.1) is 6.92 Å². The van der Waals surface area contributed by atoms with Crippen LogP contribution >= 0.6 is 11.3 Å². The van der Waals surface area contributed by atoms with E-state index in [0.717, 1.165) is 10.6 Å². The van der Waals surface area contributed by atoms with Crippen LogP contribution in [0.15, 0.2) is 23.8 Å². The first kappa shape index (κ1) is 14.1. The van der Waals surface area contributed by atoms with Crippen LogP contribution in [-0.4, -0.2) is 38.9 Å². The van der Waals surface area contributed by atoms with Gasteiger partial charge in [0.05, 0.1) is 23.3 Å². The minimum absolute atomic E-state index is 0.0810. The van der Waals surface area contributed by atoms with Crippen molar-refractivity contribution >= 4 is 23.2 Å². The molecule has 0 fully saturated rings. The molecule has 104 valence electrons. The van der Waals surface area contributed by atoms with Crippen LogP contribution in [0.3, 0.4) is 0 Å². The van der Waals surface area contributed by atoms with Crippen LogP contribution in [0.25, 0.3) is 0 Å². The van der Waals surface area contributed by atoms with Crippen molar-refractivity contribution in [2.45, 2.75) is 13.5 Å². The number of aryl methyl sites for hydroxylation is 1. The predicted octanol–water partition coefficient (Wildman–Crippen LogP) is 1.82. The number of aromatic carboxylic acids is 1. The largest absolute Gasteiger partial charge is 0.477 e. The standard InChI is InChI=1S/C13H13N3O3S/c1-8-11(20-7-15-8)6-16(2)12(17)9-3-4-10(13(18)19)14-5-9/h3-5,7H,6H2,1-2H3,(H,18,19). The summed E-state index contributed by atoms with van der Waals surface area (Å²) in [6.07, 6.45) is 1.28. The van der Waals surface area contributed by atoms with E-state index in [1.54, 1.807) is 17.5 Å². The first-order valence-corrected chi connectivity index (χ1v) is 6.70. The minimum atomic E-state index is -1.11. The molecular formula is C13H13N3O3S. The molecule has 1 N–H and O–H groups in total. The summed E-state index contributed by atoms with van der Waals surface area (Å²) >= 11 is 1.50.